The molecule has 1 amide bonds. The maximum atomic E-state index is 12.8. The van der Waals surface area contributed by atoms with Crippen LogP contribution in [-0.4, -0.2) is 16.7 Å². The highest BCUT2D eigenvalue weighted by atomic mass is 19.4. The first kappa shape index (κ1) is 20.1. The number of alkyl halides is 3. The molecule has 29 heavy (non-hydrogen) atoms. The lowest BCUT2D eigenvalue weighted by molar-refractivity contribution is -0.137. The van der Waals surface area contributed by atoms with Crippen molar-refractivity contribution < 1.29 is 22.8 Å². The average Bonchev–Trinajstić information content (AvgIpc) is 2.68. The van der Waals surface area contributed by atoms with E-state index in [0.29, 0.717) is 11.3 Å². The number of rotatable bonds is 5. The number of hydrogen-bond acceptors (Lipinski definition) is 4. The van der Waals surface area contributed by atoms with E-state index < -0.39 is 17.6 Å². The van der Waals surface area contributed by atoms with Gasteiger partial charge in [0.15, 0.2) is 5.78 Å². The van der Waals surface area contributed by atoms with Crippen molar-refractivity contribution >= 4 is 28.9 Å². The third-order valence-corrected chi connectivity index (χ3v) is 4.01. The maximum Gasteiger partial charge on any atom is 0.416 e. The van der Waals surface area contributed by atoms with E-state index >= 15 is 0 Å². The number of aromatic nitrogens is 1. The second-order valence-corrected chi connectivity index (χ2v) is 6.22. The third-order valence-electron chi connectivity index (χ3n) is 4.01. The molecule has 0 aliphatic carbocycles. The summed E-state index contributed by atoms with van der Waals surface area (Å²) in [4.78, 5) is 28.0. The Morgan fingerprint density at radius 1 is 0.897 bits per heavy atom. The molecule has 1 aromatic heterocycles. The van der Waals surface area contributed by atoms with Crippen LogP contribution in [0.25, 0.3) is 0 Å². The molecule has 0 aliphatic heterocycles. The van der Waals surface area contributed by atoms with Gasteiger partial charge in [-0.3, -0.25) is 9.59 Å². The molecule has 0 bridgehead atoms. The second kappa shape index (κ2) is 8.14. The number of pyridine rings is 1. The number of nitrogens with zero attached hydrogens (tertiary/aromatic N) is 1. The number of ketones is 1. The molecule has 2 N–H and O–H groups in total. The highest BCUT2D eigenvalue weighted by Gasteiger charge is 2.30. The Morgan fingerprint density at radius 3 is 2.34 bits per heavy atom. The molecule has 0 fully saturated rings. The molecule has 0 radical (unpaired) electrons. The molecule has 3 aromatic rings. The van der Waals surface area contributed by atoms with Gasteiger partial charge in [0.25, 0.3) is 5.91 Å². The number of halogens is 3. The normalized spacial score (nSPS) is 11.0. The van der Waals surface area contributed by atoms with Crippen LogP contribution >= 0.6 is 0 Å². The van der Waals surface area contributed by atoms with Gasteiger partial charge in [0.2, 0.25) is 0 Å². The molecule has 5 nitrogen and oxygen atoms in total. The van der Waals surface area contributed by atoms with Gasteiger partial charge in [0.05, 0.1) is 5.56 Å². The number of amides is 1. The third kappa shape index (κ3) is 5.19. The molecular weight excluding hydrogens is 383 g/mol. The van der Waals surface area contributed by atoms with Crippen LogP contribution < -0.4 is 10.6 Å². The fraction of sp³-hybridized carbons (Fsp3) is 0.0952. The lowest BCUT2D eigenvalue weighted by Crippen LogP contribution is -2.13. The molecule has 0 spiro atoms. The number of nitrogens with one attached hydrogen (secondary N) is 2. The van der Waals surface area contributed by atoms with Gasteiger partial charge in [-0.2, -0.15) is 13.2 Å². The molecule has 0 aliphatic rings. The van der Waals surface area contributed by atoms with Gasteiger partial charge >= 0.3 is 6.18 Å². The SMILES string of the molecule is CC(=O)c1cccc(NC(=O)c2ccnc(Nc3cccc(C(F)(F)F)c3)c2)c1. The van der Waals surface area contributed by atoms with Crippen molar-refractivity contribution in [1.29, 1.82) is 0 Å². The Kier molecular flexibility index (Phi) is 5.63. The zero-order chi connectivity index (χ0) is 21.0. The van der Waals surface area contributed by atoms with Crippen LogP contribution in [0.1, 0.15) is 33.2 Å². The maximum absolute atomic E-state index is 12.8. The van der Waals surface area contributed by atoms with Crippen molar-refractivity contribution in [2.75, 3.05) is 10.6 Å². The lowest BCUT2D eigenvalue weighted by Gasteiger charge is -2.11. The molecule has 0 atom stereocenters. The van der Waals surface area contributed by atoms with Gasteiger partial charge < -0.3 is 10.6 Å². The van der Waals surface area contributed by atoms with Gasteiger partial charge in [-0.25, -0.2) is 4.98 Å². The Hall–Kier alpha value is -3.68. The van der Waals surface area contributed by atoms with Gasteiger partial charge in [-0.05, 0) is 49.4 Å². The Bertz CT molecular complexity index is 1060. The highest BCUT2D eigenvalue weighted by Crippen LogP contribution is 2.31. The molecule has 2 aromatic carbocycles. The van der Waals surface area contributed by atoms with E-state index in [1.54, 1.807) is 24.3 Å². The van der Waals surface area contributed by atoms with E-state index in [1.165, 1.54) is 37.4 Å². The average molecular weight is 399 g/mol. The molecule has 1 heterocycles. The highest BCUT2D eigenvalue weighted by molar-refractivity contribution is 6.05. The topological polar surface area (TPSA) is 71.1 Å². The summed E-state index contributed by atoms with van der Waals surface area (Å²) in [6.07, 6.45) is -3.09. The van der Waals surface area contributed by atoms with Crippen molar-refractivity contribution in [3.05, 3.63) is 83.6 Å². The molecule has 0 saturated heterocycles. The Labute approximate surface area is 164 Å². The molecule has 8 heteroatoms. The first-order chi connectivity index (χ1) is 13.7. The van der Waals surface area contributed by atoms with Gasteiger partial charge in [0, 0.05) is 28.7 Å². The van der Waals surface area contributed by atoms with Crippen LogP contribution in [0.2, 0.25) is 0 Å². The fourth-order valence-corrected chi connectivity index (χ4v) is 2.58. The minimum Gasteiger partial charge on any atom is -0.340 e. The Morgan fingerprint density at radius 2 is 1.62 bits per heavy atom. The summed E-state index contributed by atoms with van der Waals surface area (Å²) in [6, 6.07) is 14.1. The van der Waals surface area contributed by atoms with E-state index in [-0.39, 0.29) is 22.9 Å². The monoisotopic (exact) mass is 399 g/mol. The van der Waals surface area contributed by atoms with Crippen molar-refractivity contribution in [3.63, 3.8) is 0 Å². The number of carbonyl (C=O) groups is 2. The molecule has 148 valence electrons. The van der Waals surface area contributed by atoms with E-state index in [2.05, 4.69) is 15.6 Å². The largest absolute Gasteiger partial charge is 0.416 e. The van der Waals surface area contributed by atoms with Crippen LogP contribution in [0, 0.1) is 0 Å². The summed E-state index contributed by atoms with van der Waals surface area (Å²) >= 11 is 0. The zero-order valence-corrected chi connectivity index (χ0v) is 15.2. The molecule has 3 rings (SSSR count). The zero-order valence-electron chi connectivity index (χ0n) is 15.2. The van der Waals surface area contributed by atoms with Crippen molar-refractivity contribution in [3.8, 4) is 0 Å². The first-order valence-corrected chi connectivity index (χ1v) is 8.55. The van der Waals surface area contributed by atoms with Crippen LogP contribution in [0.15, 0.2) is 66.9 Å². The smallest absolute Gasteiger partial charge is 0.340 e. The minimum atomic E-state index is -4.46. The standard InChI is InChI=1S/C21H16F3N3O2/c1-13(28)14-4-2-6-17(10-14)27-20(29)15-8-9-25-19(11-15)26-18-7-3-5-16(12-18)21(22,23)24/h2-12H,1H3,(H,25,26)(H,27,29). The Balaban J connectivity index is 1.76. The lowest BCUT2D eigenvalue weighted by atomic mass is 10.1. The van der Waals surface area contributed by atoms with Gasteiger partial charge in [-0.15, -0.1) is 0 Å². The van der Waals surface area contributed by atoms with E-state index in [0.717, 1.165) is 12.1 Å². The van der Waals surface area contributed by atoms with Crippen LogP contribution in [0.3, 0.4) is 0 Å². The number of Topliss-reactive ketones (excluding diaryl/α,β-unsaturated/α-hetero) is 1. The minimum absolute atomic E-state index is 0.127. The first-order valence-electron chi connectivity index (χ1n) is 8.55. The van der Waals surface area contributed by atoms with Crippen LogP contribution in [0.4, 0.5) is 30.4 Å². The molecule has 0 unspecified atom stereocenters. The van der Waals surface area contributed by atoms with E-state index in [9.17, 15) is 22.8 Å². The quantitative estimate of drug-likeness (QED) is 0.571. The van der Waals surface area contributed by atoms with Gasteiger partial charge in [-0.1, -0.05) is 18.2 Å². The summed E-state index contributed by atoms with van der Waals surface area (Å²) in [7, 11) is 0. The summed E-state index contributed by atoms with van der Waals surface area (Å²) < 4.78 is 38.5. The number of benzene rings is 2. The van der Waals surface area contributed by atoms with Crippen molar-refractivity contribution in [2.24, 2.45) is 0 Å². The fourth-order valence-electron chi connectivity index (χ4n) is 2.58. The molecule has 0 saturated carbocycles. The van der Waals surface area contributed by atoms with Crippen LogP contribution in [0.5, 0.6) is 0 Å². The van der Waals surface area contributed by atoms with E-state index in [1.807, 2.05) is 0 Å². The summed E-state index contributed by atoms with van der Waals surface area (Å²) in [6.45, 7) is 1.43. The molecular formula is C21H16F3N3O2. The number of carbonyl (C=O) groups excluding carboxylic acids is 2. The predicted molar refractivity (Wildman–Crippen MR) is 103 cm³/mol. The number of hydrogen-bond donors (Lipinski definition) is 2. The van der Waals surface area contributed by atoms with E-state index in [4.69, 9.17) is 0 Å². The second-order valence-electron chi connectivity index (χ2n) is 6.22. The predicted octanol–water partition coefficient (Wildman–Crippen LogP) is 5.30. The van der Waals surface area contributed by atoms with Gasteiger partial charge in [0.1, 0.15) is 5.82 Å². The van der Waals surface area contributed by atoms with Crippen LogP contribution in [-0.2, 0) is 6.18 Å². The number of anilines is 3. The van der Waals surface area contributed by atoms with Crippen molar-refractivity contribution in [2.45, 2.75) is 13.1 Å². The van der Waals surface area contributed by atoms with Crippen molar-refractivity contribution in [1.82, 2.24) is 4.98 Å². The summed E-state index contributed by atoms with van der Waals surface area (Å²) in [5, 5.41) is 5.44. The summed E-state index contributed by atoms with van der Waals surface area (Å²) in [5.41, 5.74) is 0.569. The summed E-state index contributed by atoms with van der Waals surface area (Å²) in [5.74, 6) is -0.354.